The lowest BCUT2D eigenvalue weighted by Crippen LogP contribution is -2.52. The summed E-state index contributed by atoms with van der Waals surface area (Å²) in [5, 5.41) is 31.4. The predicted octanol–water partition coefficient (Wildman–Crippen LogP) is 0.602. The molecule has 0 aromatic carbocycles. The summed E-state index contributed by atoms with van der Waals surface area (Å²) in [6, 6.07) is -1.05. The van der Waals surface area contributed by atoms with Gasteiger partial charge in [0.05, 0.1) is 18.8 Å². The zero-order valence-corrected chi connectivity index (χ0v) is 15.4. The average Bonchev–Trinajstić information content (AvgIpc) is 3.35. The number of hydrogen-bond donors (Lipinski definition) is 4. The van der Waals surface area contributed by atoms with Gasteiger partial charge in [0.2, 0.25) is 5.60 Å². The number of nitrogens with one attached hydrogen (secondary N) is 1. The van der Waals surface area contributed by atoms with Crippen molar-refractivity contribution in [3.63, 3.8) is 0 Å². The molecule has 2 aliphatic heterocycles. The summed E-state index contributed by atoms with van der Waals surface area (Å²) in [5.74, 6) is -1.89. The third-order valence-electron chi connectivity index (χ3n) is 5.20. The second kappa shape index (κ2) is 9.60. The first kappa shape index (κ1) is 21.0. The molecule has 0 spiro atoms. The van der Waals surface area contributed by atoms with Crippen LogP contribution in [0.5, 0.6) is 0 Å². The smallest absolute Gasteiger partial charge is 0.263 e. The topological polar surface area (TPSA) is 119 Å². The van der Waals surface area contributed by atoms with Crippen molar-refractivity contribution in [3.8, 4) is 0 Å². The molecule has 2 fully saturated rings. The Labute approximate surface area is 154 Å². The van der Waals surface area contributed by atoms with Gasteiger partial charge in [-0.25, -0.2) is 0 Å². The molecule has 7 nitrogen and oxygen atoms in total. The molecule has 0 aromatic rings. The molecule has 7 heteroatoms. The van der Waals surface area contributed by atoms with Crippen LogP contribution in [0.3, 0.4) is 0 Å². The van der Waals surface area contributed by atoms with Crippen molar-refractivity contribution in [3.05, 3.63) is 12.2 Å². The summed E-state index contributed by atoms with van der Waals surface area (Å²) in [7, 11) is 0. The molecule has 5 atom stereocenters. The number of unbranched alkanes of at least 4 members (excludes halogenated alkanes) is 6. The van der Waals surface area contributed by atoms with Gasteiger partial charge in [-0.1, -0.05) is 51.9 Å². The second-order valence-corrected chi connectivity index (χ2v) is 7.25. The molecule has 2 aliphatic rings. The lowest BCUT2D eigenvalue weighted by atomic mass is 9.91. The molecule has 1 amide bonds. The van der Waals surface area contributed by atoms with E-state index in [0.717, 1.165) is 18.9 Å². The number of ketones is 1. The normalized spacial score (nSPS) is 33.6. The number of hydrogen-bond acceptors (Lipinski definition) is 6. The number of aliphatic hydroxyl groups is 3. The Balaban J connectivity index is 1.69. The number of aliphatic hydroxyl groups excluding tert-OH is 2. The summed E-state index contributed by atoms with van der Waals surface area (Å²) in [4.78, 5) is 24.0. The molecule has 0 radical (unpaired) electrons. The molecule has 0 bridgehead atoms. The van der Waals surface area contributed by atoms with Crippen molar-refractivity contribution in [1.29, 1.82) is 0 Å². The van der Waals surface area contributed by atoms with E-state index in [-0.39, 0.29) is 12.2 Å². The Kier molecular flexibility index (Phi) is 7.76. The maximum atomic E-state index is 12.2. The summed E-state index contributed by atoms with van der Waals surface area (Å²) in [6.45, 7) is 1.64. The molecule has 0 aromatic heterocycles. The van der Waals surface area contributed by atoms with Gasteiger partial charge in [-0.2, -0.15) is 0 Å². The van der Waals surface area contributed by atoms with Gasteiger partial charge in [0.15, 0.2) is 5.78 Å². The van der Waals surface area contributed by atoms with E-state index in [1.807, 2.05) is 0 Å². The summed E-state index contributed by atoms with van der Waals surface area (Å²) < 4.78 is 5.48. The van der Waals surface area contributed by atoms with E-state index >= 15 is 0 Å². The molecule has 2 saturated heterocycles. The number of ether oxygens (including phenoxy) is 1. The quantitative estimate of drug-likeness (QED) is 0.173. The van der Waals surface area contributed by atoms with Gasteiger partial charge >= 0.3 is 0 Å². The molecule has 26 heavy (non-hydrogen) atoms. The molecule has 0 unspecified atom stereocenters. The fourth-order valence-electron chi connectivity index (χ4n) is 3.36. The van der Waals surface area contributed by atoms with Gasteiger partial charge in [-0.15, -0.1) is 0 Å². The number of carbonyl (C=O) groups excluding carboxylic acids is 2. The van der Waals surface area contributed by atoms with Gasteiger partial charge in [0.25, 0.3) is 5.91 Å². The van der Waals surface area contributed by atoms with Gasteiger partial charge in [0, 0.05) is 0 Å². The van der Waals surface area contributed by atoms with Gasteiger partial charge in [-0.3, -0.25) is 9.59 Å². The summed E-state index contributed by atoms with van der Waals surface area (Å²) in [6.07, 6.45) is 10.4. The van der Waals surface area contributed by atoms with E-state index < -0.39 is 36.0 Å². The van der Waals surface area contributed by atoms with Crippen molar-refractivity contribution in [2.45, 2.75) is 88.2 Å². The second-order valence-electron chi connectivity index (χ2n) is 7.25. The Morgan fingerprint density at radius 2 is 1.88 bits per heavy atom. The van der Waals surface area contributed by atoms with E-state index in [9.17, 15) is 19.8 Å². The largest absolute Gasteiger partial charge is 0.394 e. The van der Waals surface area contributed by atoms with Gasteiger partial charge in [-0.05, 0) is 18.6 Å². The van der Waals surface area contributed by atoms with Gasteiger partial charge in [0.1, 0.15) is 12.2 Å². The lowest BCUT2D eigenvalue weighted by Gasteiger charge is -2.21. The monoisotopic (exact) mass is 369 g/mol. The zero-order valence-electron chi connectivity index (χ0n) is 15.4. The Morgan fingerprint density at radius 3 is 2.50 bits per heavy atom. The molecular formula is C19H31NO6. The first-order valence-corrected chi connectivity index (χ1v) is 9.65. The number of carbonyl (C=O) groups is 2. The highest BCUT2D eigenvalue weighted by atomic mass is 16.6. The highest BCUT2D eigenvalue weighted by Crippen LogP contribution is 2.30. The van der Waals surface area contributed by atoms with E-state index in [1.165, 1.54) is 44.6 Å². The maximum Gasteiger partial charge on any atom is 0.263 e. The van der Waals surface area contributed by atoms with Crippen LogP contribution in [0.1, 0.15) is 58.3 Å². The number of rotatable bonds is 12. The highest BCUT2D eigenvalue weighted by Gasteiger charge is 2.58. The minimum absolute atomic E-state index is 0.0804. The molecule has 148 valence electrons. The number of epoxide rings is 1. The third-order valence-corrected chi connectivity index (χ3v) is 5.20. The van der Waals surface area contributed by atoms with Crippen molar-refractivity contribution in [2.75, 3.05) is 6.61 Å². The van der Waals surface area contributed by atoms with Crippen LogP contribution in [0.25, 0.3) is 0 Å². The Morgan fingerprint density at radius 1 is 1.23 bits per heavy atom. The molecule has 2 heterocycles. The van der Waals surface area contributed by atoms with E-state index in [2.05, 4.69) is 12.2 Å². The minimum atomic E-state index is -2.55. The molecular weight excluding hydrogens is 338 g/mol. The van der Waals surface area contributed by atoms with Crippen molar-refractivity contribution < 1.29 is 29.6 Å². The Bertz CT molecular complexity index is 522. The minimum Gasteiger partial charge on any atom is -0.394 e. The van der Waals surface area contributed by atoms with Crippen LogP contribution in [0, 0.1) is 0 Å². The molecule has 0 saturated carbocycles. The Hall–Kier alpha value is -1.28. The fourth-order valence-corrected chi connectivity index (χ4v) is 3.36. The standard InChI is InChI=1S/C19H31NO6/c1-2-3-4-5-6-7-8-9-14-15(26-14)10-11-16(22)19(25)17(23)13(12-21)20-18(19)24/h10-11,13-15,17,21,23,25H,2-9,12H2,1H3,(H,20,24)/b11-10+/t13-,14-,15-,17-,19+/m0/s1. The zero-order chi connectivity index (χ0) is 19.2. The van der Waals surface area contributed by atoms with Crippen molar-refractivity contribution >= 4 is 11.7 Å². The average molecular weight is 369 g/mol. The molecule has 2 rings (SSSR count). The van der Waals surface area contributed by atoms with Crippen LogP contribution in [0.15, 0.2) is 12.2 Å². The predicted molar refractivity (Wildman–Crippen MR) is 95.4 cm³/mol. The van der Waals surface area contributed by atoms with Crippen LogP contribution >= 0.6 is 0 Å². The van der Waals surface area contributed by atoms with E-state index in [1.54, 1.807) is 0 Å². The van der Waals surface area contributed by atoms with E-state index in [4.69, 9.17) is 9.84 Å². The molecule has 0 aliphatic carbocycles. The summed E-state index contributed by atoms with van der Waals surface area (Å²) in [5.41, 5.74) is -2.55. The fraction of sp³-hybridized carbons (Fsp3) is 0.789. The van der Waals surface area contributed by atoms with Gasteiger partial charge < -0.3 is 25.4 Å². The van der Waals surface area contributed by atoms with Crippen LogP contribution in [0.2, 0.25) is 0 Å². The van der Waals surface area contributed by atoms with Crippen molar-refractivity contribution in [2.24, 2.45) is 0 Å². The first-order chi connectivity index (χ1) is 12.4. The van der Waals surface area contributed by atoms with Crippen LogP contribution in [0.4, 0.5) is 0 Å². The van der Waals surface area contributed by atoms with Crippen LogP contribution in [-0.2, 0) is 14.3 Å². The molecule has 4 N–H and O–H groups in total. The number of amides is 1. The lowest BCUT2D eigenvalue weighted by molar-refractivity contribution is -0.154. The van der Waals surface area contributed by atoms with Crippen molar-refractivity contribution in [1.82, 2.24) is 5.32 Å². The van der Waals surface area contributed by atoms with Crippen LogP contribution in [-0.4, -0.2) is 63.6 Å². The first-order valence-electron chi connectivity index (χ1n) is 9.65. The summed E-state index contributed by atoms with van der Waals surface area (Å²) >= 11 is 0. The van der Waals surface area contributed by atoms with E-state index in [0.29, 0.717) is 0 Å². The third kappa shape index (κ3) is 4.91. The SMILES string of the molecule is CCCCCCCCC[C@@H]1O[C@H]1/C=C/C(=O)[C@]1(O)C(=O)N[C@@H](CO)[C@@H]1O. The van der Waals surface area contributed by atoms with Crippen LogP contribution < -0.4 is 5.32 Å². The maximum absolute atomic E-state index is 12.2. The highest BCUT2D eigenvalue weighted by molar-refractivity contribution is 6.16.